The first kappa shape index (κ1) is 16.7. The van der Waals surface area contributed by atoms with E-state index in [1.165, 1.54) is 5.56 Å². The number of benzene rings is 2. The number of amides is 1. The van der Waals surface area contributed by atoms with Gasteiger partial charge in [0.15, 0.2) is 6.61 Å². The number of hydrazone groups is 1. The SMILES string of the molecule is Cc1ccc(C=NNC(=O)COc2c(C)ccc(C)c2C)cc1. The summed E-state index contributed by atoms with van der Waals surface area (Å²) in [5, 5.41) is 3.94. The van der Waals surface area contributed by atoms with Gasteiger partial charge < -0.3 is 4.74 Å². The summed E-state index contributed by atoms with van der Waals surface area (Å²) in [5.74, 6) is 0.483. The summed E-state index contributed by atoms with van der Waals surface area (Å²) in [5.41, 5.74) is 7.81. The maximum atomic E-state index is 11.8. The summed E-state index contributed by atoms with van der Waals surface area (Å²) < 4.78 is 5.64. The molecule has 0 saturated carbocycles. The van der Waals surface area contributed by atoms with Crippen LogP contribution in [0.2, 0.25) is 0 Å². The van der Waals surface area contributed by atoms with Crippen molar-refractivity contribution in [1.82, 2.24) is 5.43 Å². The van der Waals surface area contributed by atoms with Crippen LogP contribution in [-0.2, 0) is 4.79 Å². The van der Waals surface area contributed by atoms with E-state index in [-0.39, 0.29) is 12.5 Å². The number of ether oxygens (including phenoxy) is 1. The second-order valence-corrected chi connectivity index (χ2v) is 5.65. The van der Waals surface area contributed by atoms with Crippen LogP contribution in [0, 0.1) is 27.7 Å². The molecule has 23 heavy (non-hydrogen) atoms. The van der Waals surface area contributed by atoms with Crippen LogP contribution in [0.15, 0.2) is 41.5 Å². The Bertz CT molecular complexity index is 719. The molecule has 1 amide bonds. The molecule has 0 bridgehead atoms. The van der Waals surface area contributed by atoms with Crippen molar-refractivity contribution >= 4 is 12.1 Å². The second kappa shape index (κ2) is 7.58. The lowest BCUT2D eigenvalue weighted by atomic mass is 10.1. The van der Waals surface area contributed by atoms with E-state index >= 15 is 0 Å². The Morgan fingerprint density at radius 2 is 1.70 bits per heavy atom. The van der Waals surface area contributed by atoms with Crippen molar-refractivity contribution in [3.8, 4) is 5.75 Å². The lowest BCUT2D eigenvalue weighted by Gasteiger charge is -2.13. The third kappa shape index (κ3) is 4.68. The minimum absolute atomic E-state index is 0.0592. The standard InChI is InChI=1S/C19H22N2O2/c1-13-5-9-17(10-6-13)11-20-21-18(22)12-23-19-15(3)8-7-14(2)16(19)4/h5-11H,12H2,1-4H3,(H,21,22). The number of aryl methyl sites for hydroxylation is 3. The molecule has 2 aromatic carbocycles. The Labute approximate surface area is 137 Å². The van der Waals surface area contributed by atoms with E-state index in [0.717, 1.165) is 28.0 Å². The van der Waals surface area contributed by atoms with Crippen molar-refractivity contribution in [3.63, 3.8) is 0 Å². The monoisotopic (exact) mass is 310 g/mol. The van der Waals surface area contributed by atoms with Gasteiger partial charge in [0, 0.05) is 0 Å². The third-order valence-electron chi connectivity index (χ3n) is 3.70. The summed E-state index contributed by atoms with van der Waals surface area (Å²) in [6.45, 7) is 7.94. The molecule has 2 aromatic rings. The Balaban J connectivity index is 1.88. The molecule has 0 unspecified atom stereocenters. The summed E-state index contributed by atoms with van der Waals surface area (Å²) in [7, 11) is 0. The third-order valence-corrected chi connectivity index (χ3v) is 3.70. The van der Waals surface area contributed by atoms with E-state index in [4.69, 9.17) is 4.74 Å². The van der Waals surface area contributed by atoms with Gasteiger partial charge in [-0.05, 0) is 49.9 Å². The van der Waals surface area contributed by atoms with Gasteiger partial charge in [0.2, 0.25) is 0 Å². The number of hydrogen-bond donors (Lipinski definition) is 1. The number of hydrogen-bond acceptors (Lipinski definition) is 3. The minimum atomic E-state index is -0.284. The first-order valence-electron chi connectivity index (χ1n) is 7.55. The van der Waals surface area contributed by atoms with Gasteiger partial charge in [-0.3, -0.25) is 4.79 Å². The van der Waals surface area contributed by atoms with E-state index in [0.29, 0.717) is 0 Å². The molecule has 4 nitrogen and oxygen atoms in total. The molecular formula is C19H22N2O2. The number of rotatable bonds is 5. The smallest absolute Gasteiger partial charge is 0.277 e. The molecule has 0 spiro atoms. The van der Waals surface area contributed by atoms with Crippen molar-refractivity contribution in [1.29, 1.82) is 0 Å². The molecule has 0 aliphatic heterocycles. The zero-order valence-corrected chi connectivity index (χ0v) is 14.0. The van der Waals surface area contributed by atoms with Gasteiger partial charge in [-0.2, -0.15) is 5.10 Å². The van der Waals surface area contributed by atoms with Crippen molar-refractivity contribution < 1.29 is 9.53 Å². The van der Waals surface area contributed by atoms with Gasteiger partial charge in [0.1, 0.15) is 5.75 Å². The van der Waals surface area contributed by atoms with E-state index in [9.17, 15) is 4.79 Å². The van der Waals surface area contributed by atoms with Crippen LogP contribution in [0.5, 0.6) is 5.75 Å². The Kier molecular flexibility index (Phi) is 5.52. The van der Waals surface area contributed by atoms with E-state index in [2.05, 4.69) is 10.5 Å². The first-order chi connectivity index (χ1) is 11.0. The highest BCUT2D eigenvalue weighted by Gasteiger charge is 2.08. The first-order valence-corrected chi connectivity index (χ1v) is 7.55. The van der Waals surface area contributed by atoms with Gasteiger partial charge in [-0.15, -0.1) is 0 Å². The van der Waals surface area contributed by atoms with Gasteiger partial charge in [-0.25, -0.2) is 5.43 Å². The zero-order valence-electron chi connectivity index (χ0n) is 14.0. The molecule has 0 aliphatic carbocycles. The number of nitrogens with zero attached hydrogens (tertiary/aromatic N) is 1. The van der Waals surface area contributed by atoms with E-state index in [1.54, 1.807) is 6.21 Å². The van der Waals surface area contributed by atoms with Crippen LogP contribution in [0.3, 0.4) is 0 Å². The fourth-order valence-corrected chi connectivity index (χ4v) is 2.15. The summed E-state index contributed by atoms with van der Waals surface area (Å²) in [4.78, 5) is 11.8. The Morgan fingerprint density at radius 1 is 1.04 bits per heavy atom. The van der Waals surface area contributed by atoms with Crippen molar-refractivity contribution in [2.75, 3.05) is 6.61 Å². The molecule has 0 aromatic heterocycles. The highest BCUT2D eigenvalue weighted by molar-refractivity contribution is 5.82. The molecule has 0 aliphatic rings. The molecular weight excluding hydrogens is 288 g/mol. The lowest BCUT2D eigenvalue weighted by Crippen LogP contribution is -2.25. The average Bonchev–Trinajstić information content (AvgIpc) is 2.53. The molecule has 0 saturated heterocycles. The quantitative estimate of drug-likeness (QED) is 0.679. The Hall–Kier alpha value is -2.62. The predicted octanol–water partition coefficient (Wildman–Crippen LogP) is 3.45. The molecule has 0 radical (unpaired) electrons. The van der Waals surface area contributed by atoms with Crippen LogP contribution in [0.1, 0.15) is 27.8 Å². The van der Waals surface area contributed by atoms with Crippen LogP contribution in [0.4, 0.5) is 0 Å². The van der Waals surface area contributed by atoms with Gasteiger partial charge >= 0.3 is 0 Å². The Morgan fingerprint density at radius 3 is 2.39 bits per heavy atom. The van der Waals surface area contributed by atoms with Gasteiger partial charge in [0.25, 0.3) is 5.91 Å². The van der Waals surface area contributed by atoms with Gasteiger partial charge in [-0.1, -0.05) is 42.0 Å². The van der Waals surface area contributed by atoms with Crippen LogP contribution >= 0.6 is 0 Å². The topological polar surface area (TPSA) is 50.7 Å². The molecule has 1 N–H and O–H groups in total. The fraction of sp³-hybridized carbons (Fsp3) is 0.263. The number of carbonyl (C=O) groups is 1. The molecule has 0 fully saturated rings. The van der Waals surface area contributed by atoms with Crippen molar-refractivity contribution in [2.45, 2.75) is 27.7 Å². The summed E-state index contributed by atoms with van der Waals surface area (Å²) in [6.07, 6.45) is 1.61. The number of nitrogens with one attached hydrogen (secondary N) is 1. The van der Waals surface area contributed by atoms with Crippen molar-refractivity contribution in [2.24, 2.45) is 5.10 Å². The molecule has 4 heteroatoms. The zero-order chi connectivity index (χ0) is 16.8. The second-order valence-electron chi connectivity index (χ2n) is 5.65. The van der Waals surface area contributed by atoms with Crippen LogP contribution in [0.25, 0.3) is 0 Å². The predicted molar refractivity (Wildman–Crippen MR) is 93.1 cm³/mol. The summed E-state index contributed by atoms with van der Waals surface area (Å²) in [6, 6.07) is 11.9. The normalized spacial score (nSPS) is 10.8. The lowest BCUT2D eigenvalue weighted by molar-refractivity contribution is -0.123. The maximum Gasteiger partial charge on any atom is 0.277 e. The van der Waals surface area contributed by atoms with E-state index < -0.39 is 0 Å². The van der Waals surface area contributed by atoms with E-state index in [1.807, 2.05) is 64.1 Å². The van der Waals surface area contributed by atoms with Crippen LogP contribution < -0.4 is 10.2 Å². The molecule has 0 atom stereocenters. The fourth-order valence-electron chi connectivity index (χ4n) is 2.15. The minimum Gasteiger partial charge on any atom is -0.483 e. The summed E-state index contributed by atoms with van der Waals surface area (Å²) >= 11 is 0. The maximum absolute atomic E-state index is 11.8. The molecule has 120 valence electrons. The van der Waals surface area contributed by atoms with Crippen LogP contribution in [-0.4, -0.2) is 18.7 Å². The highest BCUT2D eigenvalue weighted by Crippen LogP contribution is 2.25. The average molecular weight is 310 g/mol. The largest absolute Gasteiger partial charge is 0.483 e. The van der Waals surface area contributed by atoms with Gasteiger partial charge in [0.05, 0.1) is 6.21 Å². The van der Waals surface area contributed by atoms with Crippen molar-refractivity contribution in [3.05, 3.63) is 64.2 Å². The molecule has 2 rings (SSSR count). The number of carbonyl (C=O) groups excluding carboxylic acids is 1. The molecule has 0 heterocycles. The highest BCUT2D eigenvalue weighted by atomic mass is 16.5.